The van der Waals surface area contributed by atoms with Crippen molar-refractivity contribution in [3.8, 4) is 0 Å². The molecule has 0 spiro atoms. The smallest absolute Gasteiger partial charge is 0.306 e. The summed E-state index contributed by atoms with van der Waals surface area (Å²) in [5.74, 6) is -0.967. The van der Waals surface area contributed by atoms with E-state index in [0.29, 0.717) is 19.3 Å². The Kier molecular flexibility index (Phi) is 51.5. The minimum atomic E-state index is -0.806. The average Bonchev–Trinajstić information content (AvgIpc) is 3.33. The Balaban J connectivity index is 4.50. The van der Waals surface area contributed by atoms with Crippen LogP contribution in [0, 0.1) is 0 Å². The van der Waals surface area contributed by atoms with Gasteiger partial charge in [0.15, 0.2) is 6.10 Å². The molecular weight excluding hydrogens is 829 g/mol. The van der Waals surface area contributed by atoms with Crippen molar-refractivity contribution >= 4 is 17.9 Å². The molecule has 67 heavy (non-hydrogen) atoms. The Morgan fingerprint density at radius 1 is 0.313 bits per heavy atom. The first-order chi connectivity index (χ1) is 33.0. The molecule has 0 N–H and O–H groups in total. The van der Waals surface area contributed by atoms with E-state index in [4.69, 9.17) is 14.2 Å². The maximum atomic E-state index is 12.8. The van der Waals surface area contributed by atoms with E-state index >= 15 is 0 Å². The molecule has 0 aromatic carbocycles. The van der Waals surface area contributed by atoms with Gasteiger partial charge in [-0.05, 0) is 89.9 Å². The summed E-state index contributed by atoms with van der Waals surface area (Å²) in [7, 11) is 0. The van der Waals surface area contributed by atoms with E-state index < -0.39 is 6.10 Å². The highest BCUT2D eigenvalue weighted by Crippen LogP contribution is 2.14. The maximum absolute atomic E-state index is 12.8. The lowest BCUT2D eigenvalue weighted by Gasteiger charge is -2.18. The fraction of sp³-hybridized carbons (Fsp3) is 0.656. The lowest BCUT2D eigenvalue weighted by atomic mass is 10.1. The lowest BCUT2D eigenvalue weighted by Crippen LogP contribution is -2.30. The minimum absolute atomic E-state index is 0.102. The van der Waals surface area contributed by atoms with Crippen LogP contribution in [0.2, 0.25) is 0 Å². The van der Waals surface area contributed by atoms with Crippen LogP contribution >= 0.6 is 0 Å². The molecule has 6 nitrogen and oxygen atoms in total. The zero-order chi connectivity index (χ0) is 48.6. The Hall–Kier alpha value is -3.93. The molecule has 1 atom stereocenters. The predicted molar refractivity (Wildman–Crippen MR) is 288 cm³/mol. The van der Waals surface area contributed by atoms with E-state index in [1.807, 2.05) is 72.9 Å². The molecule has 0 aromatic heterocycles. The van der Waals surface area contributed by atoms with Gasteiger partial charge < -0.3 is 14.2 Å². The summed E-state index contributed by atoms with van der Waals surface area (Å²) in [5.41, 5.74) is 0. The molecule has 0 saturated heterocycles. The van der Waals surface area contributed by atoms with Crippen LogP contribution < -0.4 is 0 Å². The average molecular weight is 929 g/mol. The summed E-state index contributed by atoms with van der Waals surface area (Å²) in [6, 6.07) is 0. The van der Waals surface area contributed by atoms with Crippen molar-refractivity contribution in [3.63, 3.8) is 0 Å². The number of hydrogen-bond acceptors (Lipinski definition) is 6. The molecule has 0 aliphatic carbocycles. The number of carbonyl (C=O) groups excluding carboxylic acids is 3. The standard InChI is InChI=1S/C61H100O6/c1-4-7-10-13-16-19-22-25-27-29-31-33-34-36-39-42-45-48-51-54-60(63)66-57-58(56-65-59(62)53-50-47-44-41-38-24-21-18-15-12-9-6-3)67-61(64)55-52-49-46-43-40-37-35-32-30-28-26-23-20-17-14-11-8-5-2/h7,10,13,16,18-19,21-22,25,27,29,31-36,39,58H,4-6,8-9,11-12,14-15,17,20,23-24,26,28,30,37-38,40-57H2,1-3H3/b10-7-,16-13-,21-18-,22-19-,27-25-,31-29+,34-33-,35-32-,39-36-. The minimum Gasteiger partial charge on any atom is -0.462 e. The summed E-state index contributed by atoms with van der Waals surface area (Å²) < 4.78 is 16.8. The van der Waals surface area contributed by atoms with Crippen LogP contribution in [0.5, 0.6) is 0 Å². The molecule has 6 heteroatoms. The van der Waals surface area contributed by atoms with E-state index in [1.54, 1.807) is 0 Å². The highest BCUT2D eigenvalue weighted by atomic mass is 16.6. The van der Waals surface area contributed by atoms with E-state index in [1.165, 1.54) is 103 Å². The van der Waals surface area contributed by atoms with Gasteiger partial charge in [-0.1, -0.05) is 239 Å². The highest BCUT2D eigenvalue weighted by Gasteiger charge is 2.19. The molecule has 0 heterocycles. The van der Waals surface area contributed by atoms with Gasteiger partial charge in [0.05, 0.1) is 0 Å². The Labute approximate surface area is 412 Å². The van der Waals surface area contributed by atoms with E-state index in [9.17, 15) is 14.4 Å². The lowest BCUT2D eigenvalue weighted by molar-refractivity contribution is -0.167. The Bertz CT molecular complexity index is 1390. The SMILES string of the molecule is CC\C=C/C=C\C=C/C=C\C=C\C=C/C=C\CCCCCC(=O)OCC(COC(=O)CCCCCCC/C=C\CCCCC)OC(=O)CCCCCCC/C=C\CCCCCCCCCCC. The number of carbonyl (C=O) groups is 3. The van der Waals surface area contributed by atoms with Crippen LogP contribution in [0.4, 0.5) is 0 Å². The van der Waals surface area contributed by atoms with Crippen LogP contribution in [0.15, 0.2) is 109 Å². The van der Waals surface area contributed by atoms with Crippen LogP contribution in [-0.4, -0.2) is 37.2 Å². The topological polar surface area (TPSA) is 78.9 Å². The van der Waals surface area contributed by atoms with E-state index in [-0.39, 0.29) is 31.1 Å². The van der Waals surface area contributed by atoms with E-state index in [0.717, 1.165) is 96.3 Å². The van der Waals surface area contributed by atoms with Crippen LogP contribution in [0.1, 0.15) is 239 Å². The third-order valence-electron chi connectivity index (χ3n) is 11.4. The summed E-state index contributed by atoms with van der Waals surface area (Å²) in [6.45, 7) is 6.41. The van der Waals surface area contributed by atoms with Crippen molar-refractivity contribution in [1.29, 1.82) is 0 Å². The highest BCUT2D eigenvalue weighted by molar-refractivity contribution is 5.71. The Morgan fingerprint density at radius 2 is 0.597 bits per heavy atom. The number of hydrogen-bond donors (Lipinski definition) is 0. The van der Waals surface area contributed by atoms with Crippen molar-refractivity contribution < 1.29 is 28.6 Å². The van der Waals surface area contributed by atoms with Gasteiger partial charge in [-0.3, -0.25) is 14.4 Å². The number of ether oxygens (including phenoxy) is 3. The largest absolute Gasteiger partial charge is 0.462 e. The van der Waals surface area contributed by atoms with Gasteiger partial charge in [0, 0.05) is 19.3 Å². The van der Waals surface area contributed by atoms with Crippen molar-refractivity contribution in [2.75, 3.05) is 13.2 Å². The molecule has 0 rings (SSSR count). The van der Waals surface area contributed by atoms with Gasteiger partial charge >= 0.3 is 17.9 Å². The van der Waals surface area contributed by atoms with Gasteiger partial charge in [0.25, 0.3) is 0 Å². The van der Waals surface area contributed by atoms with Crippen molar-refractivity contribution in [1.82, 2.24) is 0 Å². The third-order valence-corrected chi connectivity index (χ3v) is 11.4. The normalized spacial score (nSPS) is 12.9. The Morgan fingerprint density at radius 3 is 1.00 bits per heavy atom. The molecule has 0 saturated carbocycles. The second kappa shape index (κ2) is 54.7. The van der Waals surface area contributed by atoms with Crippen molar-refractivity contribution in [3.05, 3.63) is 109 Å². The second-order valence-electron chi connectivity index (χ2n) is 17.9. The summed E-state index contributed by atoms with van der Waals surface area (Å²) in [5, 5.41) is 0. The monoisotopic (exact) mass is 929 g/mol. The molecule has 0 aromatic rings. The molecule has 0 amide bonds. The van der Waals surface area contributed by atoms with Gasteiger partial charge in [0.2, 0.25) is 0 Å². The fourth-order valence-electron chi connectivity index (χ4n) is 7.30. The number of esters is 3. The molecule has 1 unspecified atom stereocenters. The number of unbranched alkanes of at least 4 members (excludes halogenated alkanes) is 25. The second-order valence-corrected chi connectivity index (χ2v) is 17.9. The molecule has 0 radical (unpaired) electrons. The first-order valence-corrected chi connectivity index (χ1v) is 27.5. The zero-order valence-corrected chi connectivity index (χ0v) is 43.4. The summed E-state index contributed by atoms with van der Waals surface area (Å²) in [4.78, 5) is 38.1. The van der Waals surface area contributed by atoms with Gasteiger partial charge in [-0.25, -0.2) is 0 Å². The molecule has 0 aliphatic rings. The first kappa shape index (κ1) is 63.1. The zero-order valence-electron chi connectivity index (χ0n) is 43.4. The fourth-order valence-corrected chi connectivity index (χ4v) is 7.30. The summed E-state index contributed by atoms with van der Waals surface area (Å²) >= 11 is 0. The molecular formula is C61H100O6. The number of rotatable bonds is 48. The van der Waals surface area contributed by atoms with Gasteiger partial charge in [0.1, 0.15) is 13.2 Å². The predicted octanol–water partition coefficient (Wildman–Crippen LogP) is 18.3. The summed E-state index contributed by atoms with van der Waals surface area (Å²) in [6.07, 6.45) is 73.5. The first-order valence-electron chi connectivity index (χ1n) is 27.5. The van der Waals surface area contributed by atoms with Crippen molar-refractivity contribution in [2.45, 2.75) is 245 Å². The van der Waals surface area contributed by atoms with Crippen LogP contribution in [0.25, 0.3) is 0 Å². The van der Waals surface area contributed by atoms with Crippen molar-refractivity contribution in [2.24, 2.45) is 0 Å². The molecule has 0 aliphatic heterocycles. The van der Waals surface area contributed by atoms with Gasteiger partial charge in [-0.15, -0.1) is 0 Å². The molecule has 0 fully saturated rings. The van der Waals surface area contributed by atoms with Crippen LogP contribution in [-0.2, 0) is 28.6 Å². The van der Waals surface area contributed by atoms with Gasteiger partial charge in [-0.2, -0.15) is 0 Å². The molecule has 380 valence electrons. The van der Waals surface area contributed by atoms with Crippen LogP contribution in [0.3, 0.4) is 0 Å². The third kappa shape index (κ3) is 52.9. The number of allylic oxidation sites excluding steroid dienone is 18. The molecule has 0 bridgehead atoms. The van der Waals surface area contributed by atoms with E-state index in [2.05, 4.69) is 57.2 Å². The quantitative estimate of drug-likeness (QED) is 0.0199. The maximum Gasteiger partial charge on any atom is 0.306 e.